The van der Waals surface area contributed by atoms with Crippen LogP contribution in [0, 0.1) is 6.92 Å². The molecule has 0 unspecified atom stereocenters. The molecule has 2 aromatic carbocycles. The number of halogens is 1. The van der Waals surface area contributed by atoms with Gasteiger partial charge in [0.2, 0.25) is 5.91 Å². The number of rotatable bonds is 9. The molecule has 10 nitrogen and oxygen atoms in total. The van der Waals surface area contributed by atoms with Crippen LogP contribution in [-0.2, 0) is 9.53 Å². The smallest absolute Gasteiger partial charge is 0.407 e. The van der Waals surface area contributed by atoms with E-state index in [1.54, 1.807) is 0 Å². The van der Waals surface area contributed by atoms with Gasteiger partial charge in [0.1, 0.15) is 23.2 Å². The van der Waals surface area contributed by atoms with Crippen LogP contribution in [0.5, 0.6) is 5.75 Å². The molecule has 1 aliphatic rings. The van der Waals surface area contributed by atoms with E-state index in [1.165, 1.54) is 0 Å². The van der Waals surface area contributed by atoms with Gasteiger partial charge in [-0.2, -0.15) is 0 Å². The molecule has 40 heavy (non-hydrogen) atoms. The Labute approximate surface area is 239 Å². The molecule has 0 bridgehead atoms. The predicted molar refractivity (Wildman–Crippen MR) is 154 cm³/mol. The fourth-order valence-corrected chi connectivity index (χ4v) is 4.48. The molecule has 1 aromatic heterocycles. The number of hydrogen-bond donors (Lipinski definition) is 2. The maximum absolute atomic E-state index is 12.6. The van der Waals surface area contributed by atoms with E-state index in [9.17, 15) is 9.59 Å². The number of carbonyl (C=O) groups is 2. The first-order chi connectivity index (χ1) is 19.1. The van der Waals surface area contributed by atoms with E-state index >= 15 is 0 Å². The summed E-state index contributed by atoms with van der Waals surface area (Å²) in [5, 5.41) is 14.9. The van der Waals surface area contributed by atoms with Crippen LogP contribution in [0.1, 0.15) is 69.4 Å². The van der Waals surface area contributed by atoms with Crippen LogP contribution < -0.4 is 15.4 Å². The predicted octanol–water partition coefficient (Wildman–Crippen LogP) is 4.94. The number of hydrogen-bond acceptors (Lipinski definition) is 7. The second-order valence-electron chi connectivity index (χ2n) is 10.4. The minimum atomic E-state index is -0.548. The van der Waals surface area contributed by atoms with Gasteiger partial charge in [0.25, 0.3) is 0 Å². The maximum atomic E-state index is 12.6. The molecule has 0 saturated heterocycles. The summed E-state index contributed by atoms with van der Waals surface area (Å²) in [6.07, 6.45) is 0.270. The van der Waals surface area contributed by atoms with Crippen LogP contribution in [0.25, 0.3) is 5.69 Å². The number of aromatic nitrogens is 3. The SMILES string of the molecule is CCNC(=O)C[C@@H]1N=C(c2ccc(Cl)cc2)c2cc(OCCCNC(=O)OC(C)(C)C)ccc2-n2c(C)nnc21. The van der Waals surface area contributed by atoms with Crippen molar-refractivity contribution in [3.05, 3.63) is 70.3 Å². The molecule has 2 amide bonds. The zero-order chi connectivity index (χ0) is 28.9. The van der Waals surface area contributed by atoms with Crippen molar-refractivity contribution in [1.29, 1.82) is 0 Å². The Morgan fingerprint density at radius 1 is 1.07 bits per heavy atom. The summed E-state index contributed by atoms with van der Waals surface area (Å²) >= 11 is 6.18. The van der Waals surface area contributed by atoms with Crippen LogP contribution >= 0.6 is 11.6 Å². The van der Waals surface area contributed by atoms with Crippen molar-refractivity contribution in [3.8, 4) is 11.4 Å². The fraction of sp³-hybridized carbons (Fsp3) is 0.414. The second kappa shape index (κ2) is 12.5. The third-order valence-electron chi connectivity index (χ3n) is 6.03. The highest BCUT2D eigenvalue weighted by molar-refractivity contribution is 6.30. The molecule has 2 N–H and O–H groups in total. The van der Waals surface area contributed by atoms with Gasteiger partial charge in [-0.05, 0) is 71.4 Å². The van der Waals surface area contributed by atoms with E-state index in [0.717, 1.165) is 16.8 Å². The summed E-state index contributed by atoms with van der Waals surface area (Å²) < 4.78 is 13.3. The van der Waals surface area contributed by atoms with Gasteiger partial charge < -0.3 is 20.1 Å². The number of alkyl carbamates (subject to hydrolysis) is 1. The molecule has 0 fully saturated rings. The average molecular weight is 567 g/mol. The molecule has 2 heterocycles. The minimum Gasteiger partial charge on any atom is -0.494 e. The number of nitrogens with zero attached hydrogens (tertiary/aromatic N) is 4. The van der Waals surface area contributed by atoms with E-state index in [2.05, 4.69) is 20.8 Å². The molecular weight excluding hydrogens is 532 g/mol. The molecule has 0 saturated carbocycles. The van der Waals surface area contributed by atoms with Crippen molar-refractivity contribution < 1.29 is 19.1 Å². The molecule has 3 aromatic rings. The van der Waals surface area contributed by atoms with Gasteiger partial charge >= 0.3 is 6.09 Å². The van der Waals surface area contributed by atoms with Gasteiger partial charge in [-0.25, -0.2) is 4.79 Å². The summed E-state index contributed by atoms with van der Waals surface area (Å²) in [5.74, 6) is 1.81. The van der Waals surface area contributed by atoms with Crippen molar-refractivity contribution in [2.24, 2.45) is 4.99 Å². The number of aryl methyl sites for hydroxylation is 1. The van der Waals surface area contributed by atoms with Crippen LogP contribution in [-0.4, -0.2) is 57.8 Å². The zero-order valence-corrected chi connectivity index (χ0v) is 24.2. The second-order valence-corrected chi connectivity index (χ2v) is 10.8. The van der Waals surface area contributed by atoms with Gasteiger partial charge in [0.05, 0.1) is 24.4 Å². The van der Waals surface area contributed by atoms with Crippen LogP contribution in [0.15, 0.2) is 47.5 Å². The summed E-state index contributed by atoms with van der Waals surface area (Å²) in [5.41, 5.74) is 2.65. The first-order valence-electron chi connectivity index (χ1n) is 13.3. The normalized spacial score (nSPS) is 14.3. The third-order valence-corrected chi connectivity index (χ3v) is 6.28. The summed E-state index contributed by atoms with van der Waals surface area (Å²) in [7, 11) is 0. The fourth-order valence-electron chi connectivity index (χ4n) is 4.35. The molecule has 0 spiro atoms. The lowest BCUT2D eigenvalue weighted by molar-refractivity contribution is -0.121. The highest BCUT2D eigenvalue weighted by Crippen LogP contribution is 2.34. The lowest BCUT2D eigenvalue weighted by Crippen LogP contribution is -2.33. The van der Waals surface area contributed by atoms with E-state index in [0.29, 0.717) is 54.2 Å². The molecule has 1 atom stereocenters. The van der Waals surface area contributed by atoms with Crippen LogP contribution in [0.2, 0.25) is 5.02 Å². The Kier molecular flexibility index (Phi) is 9.09. The minimum absolute atomic E-state index is 0.117. The quantitative estimate of drug-likeness (QED) is 0.354. The summed E-state index contributed by atoms with van der Waals surface area (Å²) in [6, 6.07) is 12.7. The number of benzene rings is 2. The monoisotopic (exact) mass is 566 g/mol. The molecular formula is C29H35ClN6O4. The van der Waals surface area contributed by atoms with Crippen molar-refractivity contribution in [2.75, 3.05) is 19.7 Å². The molecule has 4 rings (SSSR count). The number of nitrogens with one attached hydrogen (secondary N) is 2. The molecule has 0 aliphatic carbocycles. The number of fused-ring (bicyclic) bond motifs is 3. The zero-order valence-electron chi connectivity index (χ0n) is 23.5. The average Bonchev–Trinajstić information content (AvgIpc) is 3.21. The Morgan fingerprint density at radius 3 is 2.52 bits per heavy atom. The summed E-state index contributed by atoms with van der Waals surface area (Å²) in [4.78, 5) is 29.6. The molecule has 212 valence electrons. The van der Waals surface area contributed by atoms with E-state index in [4.69, 9.17) is 26.1 Å². The van der Waals surface area contributed by atoms with Crippen molar-refractivity contribution in [1.82, 2.24) is 25.4 Å². The van der Waals surface area contributed by atoms with E-state index < -0.39 is 17.7 Å². The Hall–Kier alpha value is -3.92. The number of aliphatic imine (C=N–C) groups is 1. The first-order valence-corrected chi connectivity index (χ1v) is 13.7. The summed E-state index contributed by atoms with van der Waals surface area (Å²) in [6.45, 7) is 10.6. The Morgan fingerprint density at radius 2 is 1.82 bits per heavy atom. The van der Waals surface area contributed by atoms with Gasteiger partial charge in [0, 0.05) is 29.2 Å². The third kappa shape index (κ3) is 7.18. The lowest BCUT2D eigenvalue weighted by Gasteiger charge is -2.19. The number of amides is 2. The number of carbonyl (C=O) groups excluding carboxylic acids is 2. The standard InChI is InChI=1S/C29H35ClN6O4/c1-6-31-25(37)17-23-27-35-34-18(2)36(27)24-13-12-21(39-15-7-14-32-28(38)40-29(3,4)5)16-22(24)26(33-23)19-8-10-20(30)11-9-19/h8-13,16,23H,6-7,14-15,17H2,1-5H3,(H,31,37)(H,32,38)/t23-/m0/s1. The molecule has 1 aliphatic heterocycles. The van der Waals surface area contributed by atoms with Gasteiger partial charge in [-0.15, -0.1) is 10.2 Å². The molecule has 11 heteroatoms. The topological polar surface area (TPSA) is 120 Å². The van der Waals surface area contributed by atoms with Crippen molar-refractivity contribution >= 4 is 29.3 Å². The van der Waals surface area contributed by atoms with E-state index in [1.807, 2.05) is 81.7 Å². The largest absolute Gasteiger partial charge is 0.494 e. The Bertz CT molecular complexity index is 1390. The van der Waals surface area contributed by atoms with Gasteiger partial charge in [-0.3, -0.25) is 14.4 Å². The number of ether oxygens (including phenoxy) is 2. The molecule has 0 radical (unpaired) electrons. The van der Waals surface area contributed by atoms with Crippen LogP contribution in [0.3, 0.4) is 0 Å². The van der Waals surface area contributed by atoms with Crippen LogP contribution in [0.4, 0.5) is 4.79 Å². The van der Waals surface area contributed by atoms with Gasteiger partial charge in [0.15, 0.2) is 5.82 Å². The Balaban J connectivity index is 1.63. The van der Waals surface area contributed by atoms with E-state index in [-0.39, 0.29) is 12.3 Å². The van der Waals surface area contributed by atoms with Crippen molar-refractivity contribution in [3.63, 3.8) is 0 Å². The first kappa shape index (κ1) is 29.1. The lowest BCUT2D eigenvalue weighted by atomic mass is 10.00. The highest BCUT2D eigenvalue weighted by atomic mass is 35.5. The maximum Gasteiger partial charge on any atom is 0.407 e. The van der Waals surface area contributed by atoms with Gasteiger partial charge in [-0.1, -0.05) is 23.7 Å². The highest BCUT2D eigenvalue weighted by Gasteiger charge is 2.30. The van der Waals surface area contributed by atoms with Crippen molar-refractivity contribution in [2.45, 2.75) is 59.1 Å².